The molecule has 0 fully saturated rings. The Hall–Kier alpha value is -0.870. The molecule has 0 nitrogen and oxygen atoms in total. The van der Waals surface area contributed by atoms with Crippen LogP contribution in [-0.4, -0.2) is 5.66 Å². The summed E-state index contributed by atoms with van der Waals surface area (Å²) in [5.41, 5.74) is 2.28. The van der Waals surface area contributed by atoms with Gasteiger partial charge >= 0.3 is 0 Å². The smallest absolute Gasteiger partial charge is 0.0198 e. The fraction of sp³-hybridized carbons (Fsp3) is 0.412. The van der Waals surface area contributed by atoms with E-state index in [-0.39, 0.29) is 0 Å². The van der Waals surface area contributed by atoms with Crippen molar-refractivity contribution in [1.82, 2.24) is 0 Å². The van der Waals surface area contributed by atoms with Gasteiger partial charge in [-0.05, 0) is 35.8 Å². The molecular weight excluding hydrogens is 235 g/mol. The Balaban J connectivity index is 2.03. The molecule has 1 aliphatic rings. The van der Waals surface area contributed by atoms with Gasteiger partial charge < -0.3 is 0 Å². The Labute approximate surface area is 113 Å². The van der Waals surface area contributed by atoms with Gasteiger partial charge in [0.1, 0.15) is 0 Å². The molecule has 0 saturated heterocycles. The lowest BCUT2D eigenvalue weighted by molar-refractivity contribution is 0.790. The van der Waals surface area contributed by atoms with E-state index < -0.39 is 0 Å². The SMILES string of the molecule is CCC(CC)Pc1ccc(C2C=CCC=C2)cc1. The molecule has 1 aromatic rings. The van der Waals surface area contributed by atoms with Crippen molar-refractivity contribution in [3.05, 3.63) is 54.1 Å². The highest BCUT2D eigenvalue weighted by atomic mass is 31.1. The van der Waals surface area contributed by atoms with E-state index in [1.54, 1.807) is 0 Å². The topological polar surface area (TPSA) is 0 Å². The molecule has 1 aliphatic carbocycles. The van der Waals surface area contributed by atoms with Crippen LogP contribution in [0.5, 0.6) is 0 Å². The maximum atomic E-state index is 2.32. The van der Waals surface area contributed by atoms with E-state index in [0.717, 1.165) is 20.7 Å². The third-order valence-electron chi connectivity index (χ3n) is 3.61. The van der Waals surface area contributed by atoms with Crippen LogP contribution in [0.15, 0.2) is 48.6 Å². The van der Waals surface area contributed by atoms with E-state index in [2.05, 4.69) is 62.4 Å². The zero-order chi connectivity index (χ0) is 12.8. The van der Waals surface area contributed by atoms with Crippen LogP contribution in [0.4, 0.5) is 0 Å². The van der Waals surface area contributed by atoms with Gasteiger partial charge in [0, 0.05) is 5.92 Å². The molecule has 1 unspecified atom stereocenters. The van der Waals surface area contributed by atoms with Crippen molar-refractivity contribution in [2.75, 3.05) is 0 Å². The van der Waals surface area contributed by atoms with Gasteiger partial charge in [-0.25, -0.2) is 0 Å². The molecule has 96 valence electrons. The molecule has 0 saturated carbocycles. The second-order valence-electron chi connectivity index (χ2n) is 4.90. The van der Waals surface area contributed by atoms with Gasteiger partial charge in [0.25, 0.3) is 0 Å². The van der Waals surface area contributed by atoms with Crippen LogP contribution >= 0.6 is 8.58 Å². The Morgan fingerprint density at radius 1 is 1.06 bits per heavy atom. The lowest BCUT2D eigenvalue weighted by Crippen LogP contribution is -2.05. The van der Waals surface area contributed by atoms with E-state index in [4.69, 9.17) is 0 Å². The van der Waals surface area contributed by atoms with Crippen molar-refractivity contribution in [3.63, 3.8) is 0 Å². The first-order valence-corrected chi connectivity index (χ1v) is 8.11. The molecule has 1 atom stereocenters. The van der Waals surface area contributed by atoms with E-state index in [9.17, 15) is 0 Å². The Bertz CT molecular complexity index is 398. The minimum atomic E-state index is 0.490. The summed E-state index contributed by atoms with van der Waals surface area (Å²) in [6.45, 7) is 4.60. The molecule has 0 heterocycles. The third-order valence-corrected chi connectivity index (χ3v) is 5.50. The van der Waals surface area contributed by atoms with E-state index in [1.807, 2.05) is 0 Å². The first-order valence-electron chi connectivity index (χ1n) is 7.03. The normalized spacial score (nSPS) is 16.2. The van der Waals surface area contributed by atoms with Gasteiger partial charge in [-0.2, -0.15) is 0 Å². The molecule has 0 bridgehead atoms. The molecule has 0 amide bonds. The second kappa shape index (κ2) is 6.90. The molecule has 0 aliphatic heterocycles. The molecule has 0 spiro atoms. The van der Waals surface area contributed by atoms with Crippen LogP contribution in [0.1, 0.15) is 44.6 Å². The minimum Gasteiger partial charge on any atom is -0.0872 e. The average Bonchev–Trinajstić information content (AvgIpc) is 2.46. The average molecular weight is 258 g/mol. The second-order valence-corrected chi connectivity index (χ2v) is 6.58. The minimum absolute atomic E-state index is 0.490. The molecule has 0 aromatic heterocycles. The molecule has 1 heteroatoms. The van der Waals surface area contributed by atoms with Crippen molar-refractivity contribution in [3.8, 4) is 0 Å². The molecule has 1 aromatic carbocycles. The highest BCUT2D eigenvalue weighted by Gasteiger charge is 2.08. The summed E-state index contributed by atoms with van der Waals surface area (Å²) in [4.78, 5) is 0. The molecule has 2 rings (SSSR count). The number of hydrogen-bond acceptors (Lipinski definition) is 0. The molecular formula is C17H23P. The van der Waals surface area contributed by atoms with Crippen LogP contribution in [0.2, 0.25) is 0 Å². The molecule has 18 heavy (non-hydrogen) atoms. The maximum absolute atomic E-state index is 2.32. The van der Waals surface area contributed by atoms with E-state index in [1.165, 1.54) is 23.7 Å². The lowest BCUT2D eigenvalue weighted by Gasteiger charge is -2.15. The lowest BCUT2D eigenvalue weighted by atomic mass is 9.95. The number of allylic oxidation sites excluding steroid dienone is 4. The van der Waals surface area contributed by atoms with Crippen LogP contribution < -0.4 is 5.30 Å². The van der Waals surface area contributed by atoms with Crippen molar-refractivity contribution in [2.45, 2.75) is 44.7 Å². The van der Waals surface area contributed by atoms with Crippen molar-refractivity contribution in [2.24, 2.45) is 0 Å². The highest BCUT2D eigenvalue weighted by Crippen LogP contribution is 2.26. The Morgan fingerprint density at radius 3 is 2.22 bits per heavy atom. The van der Waals surface area contributed by atoms with E-state index in [0.29, 0.717) is 5.92 Å². The number of hydrogen-bond donors (Lipinski definition) is 0. The predicted molar refractivity (Wildman–Crippen MR) is 84.4 cm³/mol. The molecule has 0 N–H and O–H groups in total. The summed E-state index contributed by atoms with van der Waals surface area (Å²) >= 11 is 0. The van der Waals surface area contributed by atoms with Crippen molar-refractivity contribution < 1.29 is 0 Å². The van der Waals surface area contributed by atoms with Gasteiger partial charge in [-0.15, -0.1) is 0 Å². The predicted octanol–water partition coefficient (Wildman–Crippen LogP) is 4.78. The van der Waals surface area contributed by atoms with Gasteiger partial charge in [0.15, 0.2) is 0 Å². The summed E-state index contributed by atoms with van der Waals surface area (Å²) in [6.07, 6.45) is 12.8. The van der Waals surface area contributed by atoms with Gasteiger partial charge in [-0.3, -0.25) is 0 Å². The molecule has 0 radical (unpaired) electrons. The zero-order valence-electron chi connectivity index (χ0n) is 11.4. The van der Waals surface area contributed by atoms with Crippen LogP contribution in [0, 0.1) is 0 Å². The first kappa shape index (κ1) is 13.6. The summed E-state index contributed by atoms with van der Waals surface area (Å²) in [7, 11) is 0.965. The first-order chi connectivity index (χ1) is 8.83. The van der Waals surface area contributed by atoms with E-state index >= 15 is 0 Å². The fourth-order valence-corrected chi connectivity index (χ4v) is 3.58. The quantitative estimate of drug-likeness (QED) is 0.526. The summed E-state index contributed by atoms with van der Waals surface area (Å²) in [5, 5.41) is 1.51. The van der Waals surface area contributed by atoms with Gasteiger partial charge in [0.2, 0.25) is 0 Å². The van der Waals surface area contributed by atoms with Crippen molar-refractivity contribution in [1.29, 1.82) is 0 Å². The van der Waals surface area contributed by atoms with Crippen LogP contribution in [0.3, 0.4) is 0 Å². The summed E-state index contributed by atoms with van der Waals surface area (Å²) in [6, 6.07) is 9.25. The third kappa shape index (κ3) is 3.56. The summed E-state index contributed by atoms with van der Waals surface area (Å²) < 4.78 is 0. The maximum Gasteiger partial charge on any atom is 0.0198 e. The van der Waals surface area contributed by atoms with Crippen molar-refractivity contribution >= 4 is 13.9 Å². The Morgan fingerprint density at radius 2 is 1.67 bits per heavy atom. The summed E-state index contributed by atoms with van der Waals surface area (Å²) in [5.74, 6) is 0.490. The number of benzene rings is 1. The van der Waals surface area contributed by atoms with Crippen LogP contribution in [-0.2, 0) is 0 Å². The van der Waals surface area contributed by atoms with Gasteiger partial charge in [0.05, 0.1) is 0 Å². The Kier molecular flexibility index (Phi) is 5.20. The van der Waals surface area contributed by atoms with Gasteiger partial charge in [-0.1, -0.05) is 71.0 Å². The number of rotatable bonds is 5. The fourth-order valence-electron chi connectivity index (χ4n) is 2.35. The van der Waals surface area contributed by atoms with Crippen LogP contribution in [0.25, 0.3) is 0 Å². The standard InChI is InChI=1S/C17H23P/c1-3-16(4-2)18-17-12-10-15(11-13-17)14-8-6-5-7-9-14/h6-14,16,18H,3-5H2,1-2H3. The zero-order valence-corrected chi connectivity index (χ0v) is 12.4. The largest absolute Gasteiger partial charge is 0.0872 e. The monoisotopic (exact) mass is 258 g/mol. The highest BCUT2D eigenvalue weighted by molar-refractivity contribution is 7.48.